The predicted octanol–water partition coefficient (Wildman–Crippen LogP) is 6.21. The number of halogens is 3. The summed E-state index contributed by atoms with van der Waals surface area (Å²) in [6, 6.07) is 15.6. The molecule has 0 aliphatic carbocycles. The Morgan fingerprint density at radius 1 is 1.08 bits per heavy atom. The van der Waals surface area contributed by atoms with Gasteiger partial charge in [-0.3, -0.25) is 14.5 Å². The molecule has 0 spiro atoms. The first-order valence-electron chi connectivity index (χ1n) is 12.1. The number of aryl methyl sites for hydroxylation is 2. The number of fused-ring (bicyclic) bond motifs is 1. The summed E-state index contributed by atoms with van der Waals surface area (Å²) in [6.45, 7) is 4.18. The van der Waals surface area contributed by atoms with E-state index in [9.17, 15) is 22.8 Å². The van der Waals surface area contributed by atoms with Crippen LogP contribution >= 0.6 is 11.8 Å². The van der Waals surface area contributed by atoms with Gasteiger partial charge < -0.3 is 14.8 Å². The Morgan fingerprint density at radius 3 is 2.67 bits per heavy atom. The molecule has 3 aromatic rings. The van der Waals surface area contributed by atoms with Crippen LogP contribution in [0.3, 0.4) is 0 Å². The fourth-order valence-corrected chi connectivity index (χ4v) is 5.34. The largest absolute Gasteiger partial charge is 0.454 e. The van der Waals surface area contributed by atoms with E-state index in [1.165, 1.54) is 17.0 Å². The van der Waals surface area contributed by atoms with Gasteiger partial charge in [-0.1, -0.05) is 36.0 Å². The van der Waals surface area contributed by atoms with E-state index in [1.807, 2.05) is 38.1 Å². The minimum atomic E-state index is -4.54. The molecule has 7 nitrogen and oxygen atoms in total. The summed E-state index contributed by atoms with van der Waals surface area (Å²) in [7, 11) is 0. The SMILES string of the molecule is Cc1ccc(C)c(N=C2SC(CC(=O)Nc3cccc(C(F)(F)F)c3)C(=O)N2Cc2ccc3c(c2)OCO3)c1. The number of ether oxygens (including phenoxy) is 2. The minimum absolute atomic E-state index is 0.00626. The molecule has 0 aromatic heterocycles. The Balaban J connectivity index is 1.38. The third-order valence-electron chi connectivity index (χ3n) is 6.22. The number of rotatable bonds is 6. The molecule has 1 saturated heterocycles. The van der Waals surface area contributed by atoms with E-state index < -0.39 is 22.9 Å². The molecule has 0 bridgehead atoms. The smallest absolute Gasteiger partial charge is 0.416 e. The number of amidine groups is 1. The van der Waals surface area contributed by atoms with Crippen LogP contribution in [0.1, 0.15) is 28.7 Å². The van der Waals surface area contributed by atoms with Gasteiger partial charge >= 0.3 is 6.18 Å². The number of benzene rings is 3. The average molecular weight is 556 g/mol. The summed E-state index contributed by atoms with van der Waals surface area (Å²) in [5, 5.41) is 2.12. The fourth-order valence-electron chi connectivity index (χ4n) is 4.19. The highest BCUT2D eigenvalue weighted by Crippen LogP contribution is 2.37. The molecule has 202 valence electrons. The van der Waals surface area contributed by atoms with Crippen molar-refractivity contribution in [3.8, 4) is 11.5 Å². The summed E-state index contributed by atoms with van der Waals surface area (Å²) in [4.78, 5) is 32.6. The lowest BCUT2D eigenvalue weighted by Crippen LogP contribution is -2.33. The second kappa shape index (κ2) is 10.6. The van der Waals surface area contributed by atoms with E-state index in [1.54, 1.807) is 12.1 Å². The van der Waals surface area contributed by atoms with E-state index in [0.29, 0.717) is 22.4 Å². The molecule has 1 atom stereocenters. The maximum Gasteiger partial charge on any atom is 0.416 e. The summed E-state index contributed by atoms with van der Waals surface area (Å²) in [5.41, 5.74) is 2.56. The topological polar surface area (TPSA) is 80.2 Å². The Hall–Kier alpha value is -3.99. The van der Waals surface area contributed by atoms with Crippen molar-refractivity contribution in [3.63, 3.8) is 0 Å². The van der Waals surface area contributed by atoms with Crippen LogP contribution in [0.2, 0.25) is 0 Å². The highest BCUT2D eigenvalue weighted by atomic mass is 32.2. The Bertz CT molecular complexity index is 1470. The van der Waals surface area contributed by atoms with Crippen molar-refractivity contribution >= 4 is 40.1 Å². The van der Waals surface area contributed by atoms with Crippen molar-refractivity contribution < 1.29 is 32.2 Å². The van der Waals surface area contributed by atoms with E-state index in [2.05, 4.69) is 5.32 Å². The third kappa shape index (κ3) is 6.03. The minimum Gasteiger partial charge on any atom is -0.454 e. The molecule has 3 aromatic carbocycles. The molecule has 1 unspecified atom stereocenters. The number of nitrogens with one attached hydrogen (secondary N) is 1. The number of carbonyl (C=O) groups excluding carboxylic acids is 2. The molecule has 2 aliphatic heterocycles. The number of amides is 2. The molecule has 0 saturated carbocycles. The molecule has 11 heteroatoms. The molecule has 2 amide bonds. The van der Waals surface area contributed by atoms with Gasteiger partial charge in [0.2, 0.25) is 18.6 Å². The van der Waals surface area contributed by atoms with Crippen LogP contribution in [0.5, 0.6) is 11.5 Å². The van der Waals surface area contributed by atoms with Gasteiger partial charge in [0.25, 0.3) is 0 Å². The van der Waals surface area contributed by atoms with Crippen molar-refractivity contribution in [3.05, 3.63) is 82.9 Å². The zero-order valence-corrected chi connectivity index (χ0v) is 21.9. The van der Waals surface area contributed by atoms with E-state index >= 15 is 0 Å². The average Bonchev–Trinajstić information content (AvgIpc) is 3.46. The van der Waals surface area contributed by atoms with Crippen molar-refractivity contribution in [1.82, 2.24) is 4.90 Å². The summed E-state index contributed by atoms with van der Waals surface area (Å²) < 4.78 is 50.0. The van der Waals surface area contributed by atoms with Crippen LogP contribution < -0.4 is 14.8 Å². The number of aliphatic imine (C=N–C) groups is 1. The van der Waals surface area contributed by atoms with E-state index in [-0.39, 0.29) is 31.4 Å². The number of hydrogen-bond acceptors (Lipinski definition) is 6. The maximum atomic E-state index is 13.5. The van der Waals surface area contributed by atoms with Gasteiger partial charge in [0.05, 0.1) is 17.8 Å². The fraction of sp³-hybridized carbons (Fsp3) is 0.250. The maximum absolute atomic E-state index is 13.5. The summed E-state index contributed by atoms with van der Waals surface area (Å²) in [6.07, 6.45) is -4.77. The molecular formula is C28H24F3N3O4S. The van der Waals surface area contributed by atoms with Crippen LogP contribution in [0.15, 0.2) is 65.7 Å². The highest BCUT2D eigenvalue weighted by molar-refractivity contribution is 8.15. The molecule has 5 rings (SSSR count). The standard InChI is InChI=1S/C28H24F3N3O4S/c1-16-6-7-17(2)21(10-16)33-27-34(14-18-8-9-22-23(11-18)38-15-37-22)26(36)24(39-27)13-25(35)32-20-5-3-4-19(12-20)28(29,30)31/h3-12,24H,13-15H2,1-2H3,(H,32,35). The monoisotopic (exact) mass is 555 g/mol. The van der Waals surface area contributed by atoms with Crippen molar-refractivity contribution in [2.45, 2.75) is 38.2 Å². The number of alkyl halides is 3. The lowest BCUT2D eigenvalue weighted by Gasteiger charge is -2.17. The molecule has 2 heterocycles. The van der Waals surface area contributed by atoms with Gasteiger partial charge in [0.1, 0.15) is 5.25 Å². The first kappa shape index (κ1) is 26.6. The van der Waals surface area contributed by atoms with Crippen LogP contribution in [0.25, 0.3) is 0 Å². The Labute approximate surface area is 227 Å². The Kier molecular flexibility index (Phi) is 7.26. The number of carbonyl (C=O) groups is 2. The molecule has 39 heavy (non-hydrogen) atoms. The lowest BCUT2D eigenvalue weighted by molar-refractivity contribution is -0.137. The normalized spacial score (nSPS) is 17.7. The van der Waals surface area contributed by atoms with Crippen LogP contribution in [0.4, 0.5) is 24.5 Å². The zero-order chi connectivity index (χ0) is 27.7. The van der Waals surface area contributed by atoms with Gasteiger partial charge in [0, 0.05) is 12.1 Å². The molecule has 1 N–H and O–H groups in total. The van der Waals surface area contributed by atoms with Gasteiger partial charge in [0.15, 0.2) is 16.7 Å². The molecular weight excluding hydrogens is 531 g/mol. The van der Waals surface area contributed by atoms with Crippen LogP contribution in [0, 0.1) is 13.8 Å². The van der Waals surface area contributed by atoms with Crippen molar-refractivity contribution in [1.29, 1.82) is 0 Å². The second-order valence-electron chi connectivity index (χ2n) is 9.23. The zero-order valence-electron chi connectivity index (χ0n) is 21.0. The first-order valence-corrected chi connectivity index (χ1v) is 12.9. The van der Waals surface area contributed by atoms with Gasteiger partial charge in [-0.15, -0.1) is 0 Å². The number of hydrogen-bond donors (Lipinski definition) is 1. The van der Waals surface area contributed by atoms with Gasteiger partial charge in [-0.25, -0.2) is 4.99 Å². The second-order valence-corrected chi connectivity index (χ2v) is 10.4. The molecule has 0 radical (unpaired) electrons. The van der Waals surface area contributed by atoms with Crippen molar-refractivity contribution in [2.75, 3.05) is 12.1 Å². The summed E-state index contributed by atoms with van der Waals surface area (Å²) >= 11 is 1.16. The van der Waals surface area contributed by atoms with Gasteiger partial charge in [-0.05, 0) is 66.9 Å². The number of thioether (sulfide) groups is 1. The van der Waals surface area contributed by atoms with E-state index in [4.69, 9.17) is 14.5 Å². The van der Waals surface area contributed by atoms with Crippen molar-refractivity contribution in [2.24, 2.45) is 4.99 Å². The first-order chi connectivity index (χ1) is 18.6. The van der Waals surface area contributed by atoms with Crippen LogP contribution in [-0.4, -0.2) is 33.9 Å². The quantitative estimate of drug-likeness (QED) is 0.391. The van der Waals surface area contributed by atoms with Gasteiger partial charge in [-0.2, -0.15) is 13.2 Å². The lowest BCUT2D eigenvalue weighted by atomic mass is 10.1. The number of anilines is 1. The Morgan fingerprint density at radius 2 is 1.87 bits per heavy atom. The highest BCUT2D eigenvalue weighted by Gasteiger charge is 2.39. The number of nitrogens with zero attached hydrogens (tertiary/aromatic N) is 2. The molecule has 1 fully saturated rings. The summed E-state index contributed by atoms with van der Waals surface area (Å²) in [5.74, 6) is 0.309. The van der Waals surface area contributed by atoms with Crippen LogP contribution in [-0.2, 0) is 22.3 Å². The molecule has 2 aliphatic rings. The predicted molar refractivity (Wildman–Crippen MR) is 142 cm³/mol. The third-order valence-corrected chi connectivity index (χ3v) is 7.40. The van der Waals surface area contributed by atoms with E-state index in [0.717, 1.165) is 40.6 Å².